The van der Waals surface area contributed by atoms with Crippen molar-refractivity contribution in [1.29, 1.82) is 0 Å². The summed E-state index contributed by atoms with van der Waals surface area (Å²) in [7, 11) is 0. The van der Waals surface area contributed by atoms with Crippen molar-refractivity contribution in [2.24, 2.45) is 0 Å². The van der Waals surface area contributed by atoms with E-state index in [1.165, 1.54) is 65.6 Å². The third kappa shape index (κ3) is 4.88. The van der Waals surface area contributed by atoms with Crippen LogP contribution in [0, 0.1) is 0 Å². The molecule has 0 radical (unpaired) electrons. The molecule has 2 heteroatoms. The number of benzene rings is 9. The first-order valence-electron chi connectivity index (χ1n) is 17.9. The first-order valence-corrected chi connectivity index (χ1v) is 17.9. The van der Waals surface area contributed by atoms with Crippen LogP contribution in [-0.2, 0) is 0 Å². The molecule has 1 heterocycles. The van der Waals surface area contributed by atoms with E-state index in [-0.39, 0.29) is 0 Å². The molecular weight excluding hydrogens is 629 g/mol. The van der Waals surface area contributed by atoms with Gasteiger partial charge in [-0.3, -0.25) is 0 Å². The summed E-state index contributed by atoms with van der Waals surface area (Å²) >= 11 is 0. The van der Waals surface area contributed by atoms with Crippen LogP contribution in [0.3, 0.4) is 0 Å². The molecule has 244 valence electrons. The summed E-state index contributed by atoms with van der Waals surface area (Å²) in [6.07, 6.45) is 0. The molecule has 0 fully saturated rings. The van der Waals surface area contributed by atoms with E-state index in [9.17, 15) is 0 Å². The van der Waals surface area contributed by atoms with Crippen molar-refractivity contribution in [2.75, 3.05) is 4.90 Å². The van der Waals surface area contributed by atoms with Gasteiger partial charge in [0.1, 0.15) is 0 Å². The van der Waals surface area contributed by atoms with Gasteiger partial charge in [0, 0.05) is 33.5 Å². The third-order valence-corrected chi connectivity index (χ3v) is 10.4. The second-order valence-corrected chi connectivity index (χ2v) is 13.3. The summed E-state index contributed by atoms with van der Waals surface area (Å²) in [6, 6.07) is 74.5. The first kappa shape index (κ1) is 30.0. The molecule has 0 aliphatic rings. The van der Waals surface area contributed by atoms with Gasteiger partial charge in [0.2, 0.25) is 0 Å². The predicted molar refractivity (Wildman–Crippen MR) is 221 cm³/mol. The minimum Gasteiger partial charge on any atom is -0.310 e. The highest BCUT2D eigenvalue weighted by Crippen LogP contribution is 2.45. The quantitative estimate of drug-likeness (QED) is 0.161. The SMILES string of the molecule is c1ccc(-c2c3ccccc3c(-c3ccc(N(c4ccccc4)c4ccc5c(c4)c4ccccc4n5-c4ccccc4)cc3)c3ccccc23)cc1. The summed E-state index contributed by atoms with van der Waals surface area (Å²) < 4.78 is 2.37. The monoisotopic (exact) mass is 662 g/mol. The maximum atomic E-state index is 2.37. The van der Waals surface area contributed by atoms with Crippen molar-refractivity contribution >= 4 is 60.4 Å². The molecule has 0 spiro atoms. The van der Waals surface area contributed by atoms with Gasteiger partial charge in [0.25, 0.3) is 0 Å². The molecule has 0 N–H and O–H groups in total. The van der Waals surface area contributed by atoms with Crippen LogP contribution in [0.2, 0.25) is 0 Å². The standard InChI is InChI=1S/C50H34N2/c1-4-16-35(17-5-1)49-42-23-10-12-25-44(42)50(45-26-13-11-24-43(45)49)36-28-30-39(31-29-36)51(37-18-6-2-7-19-37)40-32-33-48-46(34-40)41-22-14-15-27-47(41)52(48)38-20-8-3-9-21-38/h1-34H. The number of fused-ring (bicyclic) bond motifs is 5. The molecule has 1 aromatic heterocycles. The Morgan fingerprint density at radius 2 is 0.712 bits per heavy atom. The molecule has 52 heavy (non-hydrogen) atoms. The van der Waals surface area contributed by atoms with E-state index in [1.807, 2.05) is 0 Å². The Kier molecular flexibility index (Phi) is 7.18. The highest BCUT2D eigenvalue weighted by Gasteiger charge is 2.19. The van der Waals surface area contributed by atoms with Gasteiger partial charge in [-0.05, 0) is 104 Å². The number of para-hydroxylation sites is 3. The lowest BCUT2D eigenvalue weighted by Crippen LogP contribution is -2.09. The average molecular weight is 663 g/mol. The van der Waals surface area contributed by atoms with Crippen LogP contribution < -0.4 is 4.90 Å². The van der Waals surface area contributed by atoms with E-state index < -0.39 is 0 Å². The molecule has 0 amide bonds. The van der Waals surface area contributed by atoms with Crippen molar-refractivity contribution in [3.63, 3.8) is 0 Å². The van der Waals surface area contributed by atoms with Gasteiger partial charge < -0.3 is 9.47 Å². The zero-order valence-corrected chi connectivity index (χ0v) is 28.5. The van der Waals surface area contributed by atoms with Crippen molar-refractivity contribution in [2.45, 2.75) is 0 Å². The largest absolute Gasteiger partial charge is 0.310 e. The molecule has 0 unspecified atom stereocenters. The van der Waals surface area contributed by atoms with E-state index in [0.717, 1.165) is 22.7 Å². The van der Waals surface area contributed by atoms with Crippen LogP contribution in [0.1, 0.15) is 0 Å². The Morgan fingerprint density at radius 1 is 0.288 bits per heavy atom. The van der Waals surface area contributed by atoms with Crippen LogP contribution >= 0.6 is 0 Å². The summed E-state index contributed by atoms with van der Waals surface area (Å²) in [5, 5.41) is 7.51. The average Bonchev–Trinajstić information content (AvgIpc) is 3.55. The molecule has 10 aromatic rings. The Hall–Kier alpha value is -6.90. The number of rotatable bonds is 6. The van der Waals surface area contributed by atoms with Crippen molar-refractivity contribution < 1.29 is 0 Å². The Morgan fingerprint density at radius 3 is 1.31 bits per heavy atom. The second kappa shape index (κ2) is 12.5. The van der Waals surface area contributed by atoms with Crippen LogP contribution in [0.25, 0.3) is 71.3 Å². The fraction of sp³-hybridized carbons (Fsp3) is 0. The minimum absolute atomic E-state index is 1.11. The topological polar surface area (TPSA) is 8.17 Å². The number of anilines is 3. The number of hydrogen-bond donors (Lipinski definition) is 0. The van der Waals surface area contributed by atoms with Crippen LogP contribution in [0.5, 0.6) is 0 Å². The summed E-state index contributed by atoms with van der Waals surface area (Å²) in [5.74, 6) is 0. The molecule has 0 bridgehead atoms. The predicted octanol–water partition coefficient (Wildman–Crippen LogP) is 13.9. The molecule has 0 aliphatic heterocycles. The second-order valence-electron chi connectivity index (χ2n) is 13.3. The van der Waals surface area contributed by atoms with Gasteiger partial charge in [0.05, 0.1) is 11.0 Å². The Bertz CT molecular complexity index is 2810. The number of nitrogens with zero attached hydrogens (tertiary/aromatic N) is 2. The highest BCUT2D eigenvalue weighted by molar-refractivity contribution is 6.21. The lowest BCUT2D eigenvalue weighted by molar-refractivity contribution is 1.18. The van der Waals surface area contributed by atoms with Crippen molar-refractivity contribution in [3.05, 3.63) is 206 Å². The van der Waals surface area contributed by atoms with Gasteiger partial charge in [0.15, 0.2) is 0 Å². The van der Waals surface area contributed by atoms with Crippen molar-refractivity contribution in [1.82, 2.24) is 4.57 Å². The lowest BCUT2D eigenvalue weighted by Gasteiger charge is -2.26. The van der Waals surface area contributed by atoms with Gasteiger partial charge >= 0.3 is 0 Å². The minimum atomic E-state index is 1.11. The molecule has 9 aromatic carbocycles. The lowest BCUT2D eigenvalue weighted by atomic mass is 9.86. The normalized spacial score (nSPS) is 11.5. The van der Waals surface area contributed by atoms with E-state index in [1.54, 1.807) is 0 Å². The first-order chi connectivity index (χ1) is 25.8. The van der Waals surface area contributed by atoms with E-state index >= 15 is 0 Å². The summed E-state index contributed by atoms with van der Waals surface area (Å²) in [5.41, 5.74) is 11.9. The zero-order valence-electron chi connectivity index (χ0n) is 28.5. The summed E-state index contributed by atoms with van der Waals surface area (Å²) in [4.78, 5) is 2.37. The number of aromatic nitrogens is 1. The van der Waals surface area contributed by atoms with E-state index in [4.69, 9.17) is 0 Å². The number of hydrogen-bond acceptors (Lipinski definition) is 1. The van der Waals surface area contributed by atoms with Crippen LogP contribution in [-0.4, -0.2) is 4.57 Å². The fourth-order valence-corrected chi connectivity index (χ4v) is 8.11. The van der Waals surface area contributed by atoms with E-state index in [0.29, 0.717) is 0 Å². The van der Waals surface area contributed by atoms with Crippen LogP contribution in [0.15, 0.2) is 206 Å². The van der Waals surface area contributed by atoms with Gasteiger partial charge in [-0.2, -0.15) is 0 Å². The molecule has 0 saturated carbocycles. The Balaban J connectivity index is 1.14. The maximum absolute atomic E-state index is 2.37. The maximum Gasteiger partial charge on any atom is 0.0542 e. The van der Waals surface area contributed by atoms with Crippen LogP contribution in [0.4, 0.5) is 17.1 Å². The van der Waals surface area contributed by atoms with Crippen molar-refractivity contribution in [3.8, 4) is 27.9 Å². The molecule has 2 nitrogen and oxygen atoms in total. The highest BCUT2D eigenvalue weighted by atomic mass is 15.1. The molecule has 0 saturated heterocycles. The third-order valence-electron chi connectivity index (χ3n) is 10.4. The van der Waals surface area contributed by atoms with Gasteiger partial charge in [-0.1, -0.05) is 146 Å². The zero-order chi connectivity index (χ0) is 34.4. The molecule has 0 atom stereocenters. The fourth-order valence-electron chi connectivity index (χ4n) is 8.11. The molecular formula is C50H34N2. The van der Waals surface area contributed by atoms with Gasteiger partial charge in [-0.15, -0.1) is 0 Å². The van der Waals surface area contributed by atoms with E-state index in [2.05, 4.69) is 216 Å². The molecule has 10 rings (SSSR count). The Labute approximate surface area is 303 Å². The summed E-state index contributed by atoms with van der Waals surface area (Å²) in [6.45, 7) is 0. The molecule has 0 aliphatic carbocycles. The smallest absolute Gasteiger partial charge is 0.0542 e. The van der Waals surface area contributed by atoms with Gasteiger partial charge in [-0.25, -0.2) is 0 Å².